The SMILES string of the molecule is CCNC(=O)c1ccc(-c2cnc3c(SC)nccn23)cc1. The predicted octanol–water partition coefficient (Wildman–Crippen LogP) is 2.87. The third-order valence-electron chi connectivity index (χ3n) is 3.37. The number of rotatable bonds is 4. The molecule has 0 unspecified atom stereocenters. The summed E-state index contributed by atoms with van der Waals surface area (Å²) in [7, 11) is 0. The molecule has 1 aromatic carbocycles. The van der Waals surface area contributed by atoms with Crippen LogP contribution in [0.5, 0.6) is 0 Å². The summed E-state index contributed by atoms with van der Waals surface area (Å²) in [4.78, 5) is 20.6. The molecule has 0 aliphatic heterocycles. The van der Waals surface area contributed by atoms with Crippen LogP contribution in [0.15, 0.2) is 47.9 Å². The average molecular weight is 312 g/mol. The molecule has 1 amide bonds. The summed E-state index contributed by atoms with van der Waals surface area (Å²) >= 11 is 1.57. The Labute approximate surface area is 132 Å². The highest BCUT2D eigenvalue weighted by Gasteiger charge is 2.10. The van der Waals surface area contributed by atoms with E-state index in [4.69, 9.17) is 0 Å². The molecule has 0 aliphatic carbocycles. The lowest BCUT2D eigenvalue weighted by Crippen LogP contribution is -2.22. The van der Waals surface area contributed by atoms with E-state index < -0.39 is 0 Å². The highest BCUT2D eigenvalue weighted by atomic mass is 32.2. The first-order valence-corrected chi connectivity index (χ1v) is 8.21. The van der Waals surface area contributed by atoms with E-state index in [1.165, 1.54) is 0 Å². The standard InChI is InChI=1S/C16H16N4OS/c1-3-17-15(21)12-6-4-11(5-7-12)13-10-19-14-16(22-2)18-8-9-20(13)14/h4-10H,3H2,1-2H3,(H,17,21). The number of thioether (sulfide) groups is 1. The maximum Gasteiger partial charge on any atom is 0.251 e. The summed E-state index contributed by atoms with van der Waals surface area (Å²) in [6.07, 6.45) is 7.48. The smallest absolute Gasteiger partial charge is 0.251 e. The molecule has 6 heteroatoms. The van der Waals surface area contributed by atoms with Gasteiger partial charge in [-0.2, -0.15) is 0 Å². The van der Waals surface area contributed by atoms with Gasteiger partial charge in [-0.3, -0.25) is 9.20 Å². The number of carbonyl (C=O) groups is 1. The molecule has 0 atom stereocenters. The van der Waals surface area contributed by atoms with Gasteiger partial charge in [-0.15, -0.1) is 11.8 Å². The monoisotopic (exact) mass is 312 g/mol. The summed E-state index contributed by atoms with van der Waals surface area (Å²) in [6, 6.07) is 7.53. The Balaban J connectivity index is 2.00. The van der Waals surface area contributed by atoms with Crippen LogP contribution in [0.2, 0.25) is 0 Å². The van der Waals surface area contributed by atoms with Crippen molar-refractivity contribution in [1.82, 2.24) is 19.7 Å². The van der Waals surface area contributed by atoms with Gasteiger partial charge in [-0.05, 0) is 25.3 Å². The van der Waals surface area contributed by atoms with E-state index in [1.807, 2.05) is 54.2 Å². The van der Waals surface area contributed by atoms with Crippen molar-refractivity contribution < 1.29 is 4.79 Å². The zero-order chi connectivity index (χ0) is 15.5. The minimum absolute atomic E-state index is 0.0546. The number of hydrogen-bond donors (Lipinski definition) is 1. The van der Waals surface area contributed by atoms with Gasteiger partial charge in [0.25, 0.3) is 5.91 Å². The first-order valence-electron chi connectivity index (χ1n) is 6.99. The van der Waals surface area contributed by atoms with Gasteiger partial charge in [0.05, 0.1) is 11.9 Å². The Bertz CT molecular complexity index is 811. The Morgan fingerprint density at radius 2 is 2.05 bits per heavy atom. The molecule has 5 nitrogen and oxygen atoms in total. The number of fused-ring (bicyclic) bond motifs is 1. The molecule has 2 heterocycles. The number of nitrogens with zero attached hydrogens (tertiary/aromatic N) is 3. The highest BCUT2D eigenvalue weighted by Crippen LogP contribution is 2.25. The van der Waals surface area contributed by atoms with E-state index in [9.17, 15) is 4.79 Å². The number of imidazole rings is 1. The first-order chi connectivity index (χ1) is 10.7. The molecule has 0 saturated carbocycles. The lowest BCUT2D eigenvalue weighted by atomic mass is 10.1. The highest BCUT2D eigenvalue weighted by molar-refractivity contribution is 7.98. The van der Waals surface area contributed by atoms with E-state index in [1.54, 1.807) is 18.0 Å². The summed E-state index contributed by atoms with van der Waals surface area (Å²) in [6.45, 7) is 2.53. The fourth-order valence-electron chi connectivity index (χ4n) is 2.31. The molecule has 0 bridgehead atoms. The zero-order valence-electron chi connectivity index (χ0n) is 12.4. The molecule has 0 radical (unpaired) electrons. The summed E-state index contributed by atoms with van der Waals surface area (Å²) in [5, 5.41) is 3.69. The summed E-state index contributed by atoms with van der Waals surface area (Å²) in [5.74, 6) is -0.0546. The van der Waals surface area contributed by atoms with Gasteiger partial charge in [0.2, 0.25) is 0 Å². The van der Waals surface area contributed by atoms with E-state index in [-0.39, 0.29) is 5.91 Å². The number of hydrogen-bond acceptors (Lipinski definition) is 4. The van der Waals surface area contributed by atoms with Crippen molar-refractivity contribution in [3.63, 3.8) is 0 Å². The second-order valence-corrected chi connectivity index (χ2v) is 5.51. The van der Waals surface area contributed by atoms with Crippen molar-refractivity contribution in [2.45, 2.75) is 11.9 Å². The quantitative estimate of drug-likeness (QED) is 0.753. The second kappa shape index (κ2) is 6.19. The van der Waals surface area contributed by atoms with Gasteiger partial charge >= 0.3 is 0 Å². The molecule has 0 fully saturated rings. The summed E-state index contributed by atoms with van der Waals surface area (Å²) in [5.41, 5.74) is 3.50. The van der Waals surface area contributed by atoms with E-state index in [0.717, 1.165) is 21.9 Å². The fourth-order valence-corrected chi connectivity index (χ4v) is 2.81. The fraction of sp³-hybridized carbons (Fsp3) is 0.188. The average Bonchev–Trinajstić information content (AvgIpc) is 2.99. The van der Waals surface area contributed by atoms with Crippen molar-refractivity contribution in [2.75, 3.05) is 12.8 Å². The molecule has 112 valence electrons. The lowest BCUT2D eigenvalue weighted by molar-refractivity contribution is 0.0956. The van der Waals surface area contributed by atoms with Crippen LogP contribution in [-0.2, 0) is 0 Å². The Morgan fingerprint density at radius 3 is 2.73 bits per heavy atom. The molecule has 0 spiro atoms. The molecule has 0 saturated heterocycles. The van der Waals surface area contributed by atoms with E-state index in [2.05, 4.69) is 15.3 Å². The summed E-state index contributed by atoms with van der Waals surface area (Å²) < 4.78 is 2.01. The van der Waals surface area contributed by atoms with Gasteiger partial charge < -0.3 is 5.32 Å². The predicted molar refractivity (Wildman–Crippen MR) is 88.2 cm³/mol. The minimum Gasteiger partial charge on any atom is -0.352 e. The maximum atomic E-state index is 11.8. The van der Waals surface area contributed by atoms with E-state index in [0.29, 0.717) is 12.1 Å². The molecule has 22 heavy (non-hydrogen) atoms. The van der Waals surface area contributed by atoms with Crippen molar-refractivity contribution in [3.05, 3.63) is 48.4 Å². The van der Waals surface area contributed by atoms with Crippen LogP contribution in [0.1, 0.15) is 17.3 Å². The van der Waals surface area contributed by atoms with Crippen LogP contribution in [0, 0.1) is 0 Å². The van der Waals surface area contributed by atoms with Crippen LogP contribution < -0.4 is 5.32 Å². The van der Waals surface area contributed by atoms with Gasteiger partial charge in [0.1, 0.15) is 5.03 Å². The molecular weight excluding hydrogens is 296 g/mol. The maximum absolute atomic E-state index is 11.8. The van der Waals surface area contributed by atoms with Crippen molar-refractivity contribution in [1.29, 1.82) is 0 Å². The van der Waals surface area contributed by atoms with Gasteiger partial charge in [0.15, 0.2) is 5.65 Å². The lowest BCUT2D eigenvalue weighted by Gasteiger charge is -2.05. The number of amides is 1. The van der Waals surface area contributed by atoms with Crippen molar-refractivity contribution >= 4 is 23.3 Å². The third-order valence-corrected chi connectivity index (χ3v) is 4.04. The molecule has 3 aromatic rings. The van der Waals surface area contributed by atoms with Gasteiger partial charge in [-0.25, -0.2) is 9.97 Å². The Morgan fingerprint density at radius 1 is 1.27 bits per heavy atom. The number of carbonyl (C=O) groups excluding carboxylic acids is 1. The molecular formula is C16H16N4OS. The third kappa shape index (κ3) is 2.57. The van der Waals surface area contributed by atoms with Crippen LogP contribution in [0.4, 0.5) is 0 Å². The van der Waals surface area contributed by atoms with E-state index >= 15 is 0 Å². The largest absolute Gasteiger partial charge is 0.352 e. The number of nitrogens with one attached hydrogen (secondary N) is 1. The Hall–Kier alpha value is -2.34. The number of benzene rings is 1. The molecule has 1 N–H and O–H groups in total. The van der Waals surface area contributed by atoms with Crippen LogP contribution in [-0.4, -0.2) is 33.1 Å². The topological polar surface area (TPSA) is 59.3 Å². The minimum atomic E-state index is -0.0546. The van der Waals surface area contributed by atoms with Crippen molar-refractivity contribution in [2.24, 2.45) is 0 Å². The molecule has 2 aromatic heterocycles. The van der Waals surface area contributed by atoms with Gasteiger partial charge in [-0.1, -0.05) is 12.1 Å². The normalized spacial score (nSPS) is 10.8. The van der Waals surface area contributed by atoms with Crippen LogP contribution in [0.25, 0.3) is 16.9 Å². The first kappa shape index (κ1) is 14.6. The molecule has 3 rings (SSSR count). The zero-order valence-corrected chi connectivity index (χ0v) is 13.2. The number of aromatic nitrogens is 3. The van der Waals surface area contributed by atoms with Crippen molar-refractivity contribution in [3.8, 4) is 11.3 Å². The van der Waals surface area contributed by atoms with Crippen LogP contribution >= 0.6 is 11.8 Å². The molecule has 0 aliphatic rings. The van der Waals surface area contributed by atoms with Crippen LogP contribution in [0.3, 0.4) is 0 Å². The second-order valence-electron chi connectivity index (χ2n) is 4.71. The van der Waals surface area contributed by atoms with Gasteiger partial charge in [0, 0.05) is 30.1 Å². The Kier molecular flexibility index (Phi) is 4.11.